The molecule has 10 heavy (non-hydrogen) atoms. The highest BCUT2D eigenvalue weighted by Crippen LogP contribution is 2.26. The van der Waals surface area contributed by atoms with E-state index >= 15 is 0 Å². The van der Waals surface area contributed by atoms with Crippen molar-refractivity contribution >= 4 is 21.6 Å². The Morgan fingerprint density at radius 2 is 2.10 bits per heavy atom. The number of hydrogen-bond acceptors (Lipinski definition) is 2. The Kier molecular flexibility index (Phi) is 1.80. The second kappa shape index (κ2) is 2.46. The van der Waals surface area contributed by atoms with Gasteiger partial charge in [-0.25, -0.2) is 4.39 Å². The van der Waals surface area contributed by atoms with Crippen LogP contribution < -0.4 is 5.73 Å². The number of nitrogen functional groups attached to an aromatic ring is 1. The summed E-state index contributed by atoms with van der Waals surface area (Å²) < 4.78 is 12.7. The minimum absolute atomic E-state index is 0.0423. The molecule has 0 bridgehead atoms. The molecule has 0 radical (unpaired) electrons. The van der Waals surface area contributed by atoms with Crippen LogP contribution in [0.3, 0.4) is 0 Å². The van der Waals surface area contributed by atoms with Crippen molar-refractivity contribution < 1.29 is 9.50 Å². The summed E-state index contributed by atoms with van der Waals surface area (Å²) in [6.07, 6.45) is 0. The second-order valence-corrected chi connectivity index (χ2v) is 2.68. The lowest BCUT2D eigenvalue weighted by molar-refractivity contribution is 0.475. The molecule has 0 saturated carbocycles. The lowest BCUT2D eigenvalue weighted by atomic mass is 10.3. The smallest absolute Gasteiger partial charge is 0.139 e. The first-order chi connectivity index (χ1) is 4.61. The number of rotatable bonds is 0. The second-order valence-electron chi connectivity index (χ2n) is 1.83. The fourth-order valence-electron chi connectivity index (χ4n) is 0.552. The first-order valence-electron chi connectivity index (χ1n) is 2.54. The van der Waals surface area contributed by atoms with E-state index in [1.54, 1.807) is 0 Å². The van der Waals surface area contributed by atoms with Gasteiger partial charge in [0.1, 0.15) is 11.6 Å². The third-order valence-corrected chi connectivity index (χ3v) is 1.68. The molecule has 0 saturated heterocycles. The van der Waals surface area contributed by atoms with Crippen LogP contribution in [0.25, 0.3) is 0 Å². The average Bonchev–Trinajstić information content (AvgIpc) is 1.84. The van der Waals surface area contributed by atoms with Gasteiger partial charge in [0.2, 0.25) is 0 Å². The lowest BCUT2D eigenvalue weighted by Gasteiger charge is -1.98. The maximum Gasteiger partial charge on any atom is 0.139 e. The van der Waals surface area contributed by atoms with Crippen molar-refractivity contribution in [3.63, 3.8) is 0 Å². The van der Waals surface area contributed by atoms with E-state index in [4.69, 9.17) is 10.8 Å². The van der Waals surface area contributed by atoms with Crippen LogP contribution in [0.5, 0.6) is 5.75 Å². The third kappa shape index (κ3) is 1.21. The molecule has 1 aromatic rings. The number of nitrogens with two attached hydrogens (primary N) is 1. The van der Waals surface area contributed by atoms with Gasteiger partial charge in [-0.3, -0.25) is 0 Å². The van der Waals surface area contributed by atoms with Gasteiger partial charge < -0.3 is 10.8 Å². The zero-order valence-corrected chi connectivity index (χ0v) is 6.52. The van der Waals surface area contributed by atoms with Crippen molar-refractivity contribution in [2.45, 2.75) is 0 Å². The van der Waals surface area contributed by atoms with Crippen molar-refractivity contribution in [1.82, 2.24) is 0 Å². The zero-order valence-electron chi connectivity index (χ0n) is 4.94. The Morgan fingerprint density at radius 3 is 2.60 bits per heavy atom. The van der Waals surface area contributed by atoms with Gasteiger partial charge in [0.25, 0.3) is 0 Å². The van der Waals surface area contributed by atoms with E-state index in [0.29, 0.717) is 0 Å². The first kappa shape index (κ1) is 7.34. The van der Waals surface area contributed by atoms with E-state index < -0.39 is 5.82 Å². The number of anilines is 1. The van der Waals surface area contributed by atoms with Crippen LogP contribution >= 0.6 is 15.9 Å². The van der Waals surface area contributed by atoms with Gasteiger partial charge in [-0.2, -0.15) is 0 Å². The summed E-state index contributed by atoms with van der Waals surface area (Å²) in [5, 5.41) is 8.90. The maximum absolute atomic E-state index is 12.5. The molecule has 0 amide bonds. The van der Waals surface area contributed by atoms with E-state index in [0.717, 1.165) is 6.07 Å². The van der Waals surface area contributed by atoms with Gasteiger partial charge in [-0.1, -0.05) is 0 Å². The molecule has 0 aliphatic carbocycles. The molecule has 0 spiro atoms. The zero-order chi connectivity index (χ0) is 7.72. The van der Waals surface area contributed by atoms with Crippen LogP contribution in [0.15, 0.2) is 16.6 Å². The van der Waals surface area contributed by atoms with Gasteiger partial charge in [-0.05, 0) is 22.0 Å². The van der Waals surface area contributed by atoms with E-state index in [9.17, 15) is 4.39 Å². The van der Waals surface area contributed by atoms with Crippen LogP contribution in [0.1, 0.15) is 0 Å². The highest BCUT2D eigenvalue weighted by atomic mass is 79.9. The van der Waals surface area contributed by atoms with Crippen molar-refractivity contribution in [3.8, 4) is 5.75 Å². The van der Waals surface area contributed by atoms with Crippen molar-refractivity contribution in [2.24, 2.45) is 0 Å². The molecule has 0 atom stereocenters. The fraction of sp³-hybridized carbons (Fsp3) is 0. The Balaban J connectivity index is 3.28. The summed E-state index contributed by atoms with van der Waals surface area (Å²) in [4.78, 5) is 0. The lowest BCUT2D eigenvalue weighted by Crippen LogP contribution is -1.87. The van der Waals surface area contributed by atoms with Gasteiger partial charge in [-0.15, -0.1) is 0 Å². The van der Waals surface area contributed by atoms with Gasteiger partial charge in [0.15, 0.2) is 0 Å². The Hall–Kier alpha value is -0.770. The summed E-state index contributed by atoms with van der Waals surface area (Å²) in [5.41, 5.74) is 5.22. The summed E-state index contributed by atoms with van der Waals surface area (Å²) in [6, 6.07) is 2.27. The Bertz CT molecular complexity index is 214. The molecule has 54 valence electrons. The highest BCUT2D eigenvalue weighted by molar-refractivity contribution is 9.10. The summed E-state index contributed by atoms with van der Waals surface area (Å²) >= 11 is 2.89. The number of phenols is 1. The van der Waals surface area contributed by atoms with Crippen LogP contribution in [-0.2, 0) is 0 Å². The maximum atomic E-state index is 12.5. The van der Waals surface area contributed by atoms with Crippen LogP contribution in [0.2, 0.25) is 0 Å². The molecular formula is C6H5BrFNO. The monoisotopic (exact) mass is 205 g/mol. The summed E-state index contributed by atoms with van der Waals surface area (Å²) in [7, 11) is 0. The minimum atomic E-state index is -0.477. The molecule has 0 aliphatic heterocycles. The first-order valence-corrected chi connectivity index (χ1v) is 3.34. The van der Waals surface area contributed by atoms with Crippen molar-refractivity contribution in [3.05, 3.63) is 22.4 Å². The molecule has 3 N–H and O–H groups in total. The average molecular weight is 206 g/mol. The summed E-state index contributed by atoms with van der Waals surface area (Å²) in [5.74, 6) is -0.594. The number of phenolic OH excluding ortho intramolecular Hbond substituents is 1. The molecular weight excluding hydrogens is 201 g/mol. The SMILES string of the molecule is Nc1cc(F)c(Br)cc1O. The third-order valence-electron chi connectivity index (χ3n) is 1.07. The number of hydrogen-bond donors (Lipinski definition) is 2. The van der Waals surface area contributed by atoms with E-state index in [-0.39, 0.29) is 15.9 Å². The van der Waals surface area contributed by atoms with Crippen LogP contribution in [-0.4, -0.2) is 5.11 Å². The standard InChI is InChI=1S/C6H5BrFNO/c7-3-1-6(10)5(9)2-4(3)8/h1-2,10H,9H2. The van der Waals surface area contributed by atoms with Gasteiger partial charge >= 0.3 is 0 Å². The van der Waals surface area contributed by atoms with E-state index in [2.05, 4.69) is 15.9 Å². The molecule has 0 fully saturated rings. The quantitative estimate of drug-likeness (QED) is 0.502. The molecule has 1 rings (SSSR count). The number of benzene rings is 1. The minimum Gasteiger partial charge on any atom is -0.506 e. The molecule has 0 aromatic heterocycles. The fourth-order valence-corrected chi connectivity index (χ4v) is 0.883. The summed E-state index contributed by atoms with van der Waals surface area (Å²) in [6.45, 7) is 0. The molecule has 0 aliphatic rings. The van der Waals surface area contributed by atoms with Crippen LogP contribution in [0.4, 0.5) is 10.1 Å². The topological polar surface area (TPSA) is 46.2 Å². The van der Waals surface area contributed by atoms with E-state index in [1.165, 1.54) is 6.07 Å². The van der Waals surface area contributed by atoms with Gasteiger partial charge in [0, 0.05) is 6.07 Å². The molecule has 4 heteroatoms. The van der Waals surface area contributed by atoms with Crippen molar-refractivity contribution in [2.75, 3.05) is 5.73 Å². The largest absolute Gasteiger partial charge is 0.506 e. The Morgan fingerprint density at radius 1 is 1.50 bits per heavy atom. The molecule has 2 nitrogen and oxygen atoms in total. The predicted octanol–water partition coefficient (Wildman–Crippen LogP) is 1.88. The van der Waals surface area contributed by atoms with Gasteiger partial charge in [0.05, 0.1) is 10.2 Å². The van der Waals surface area contributed by atoms with Crippen molar-refractivity contribution in [1.29, 1.82) is 0 Å². The van der Waals surface area contributed by atoms with Crippen LogP contribution in [0, 0.1) is 5.82 Å². The number of halogens is 2. The molecule has 1 aromatic carbocycles. The highest BCUT2D eigenvalue weighted by Gasteiger charge is 2.02. The Labute approximate surface area is 65.6 Å². The van der Waals surface area contributed by atoms with E-state index in [1.807, 2.05) is 0 Å². The normalized spacial score (nSPS) is 9.80. The molecule has 0 unspecified atom stereocenters. The number of aromatic hydroxyl groups is 1. The molecule has 0 heterocycles. The predicted molar refractivity (Wildman–Crippen MR) is 40.2 cm³/mol.